The summed E-state index contributed by atoms with van der Waals surface area (Å²) < 4.78 is 0. The number of nitrogens with zero attached hydrogens (tertiary/aromatic N) is 1. The fourth-order valence-electron chi connectivity index (χ4n) is 2.52. The summed E-state index contributed by atoms with van der Waals surface area (Å²) in [6.07, 6.45) is 1.77. The van der Waals surface area contributed by atoms with E-state index in [1.807, 2.05) is 31.2 Å². The van der Waals surface area contributed by atoms with Crippen molar-refractivity contribution in [1.29, 1.82) is 5.26 Å². The summed E-state index contributed by atoms with van der Waals surface area (Å²) in [5.74, 6) is 0.0380. The first-order chi connectivity index (χ1) is 10.1. The lowest BCUT2D eigenvalue weighted by molar-refractivity contribution is -0.118. The molecule has 0 atom stereocenters. The highest BCUT2D eigenvalue weighted by atomic mass is 16.2. The molecule has 0 radical (unpaired) electrons. The molecule has 3 heteroatoms. The van der Waals surface area contributed by atoms with Gasteiger partial charge in [0.1, 0.15) is 0 Å². The Kier molecular flexibility index (Phi) is 3.23. The van der Waals surface area contributed by atoms with E-state index in [9.17, 15) is 4.79 Å². The molecule has 2 aromatic carbocycles. The van der Waals surface area contributed by atoms with Gasteiger partial charge in [-0.05, 0) is 49.6 Å². The van der Waals surface area contributed by atoms with Crippen LogP contribution in [0.15, 0.2) is 48.5 Å². The lowest BCUT2D eigenvalue weighted by Gasteiger charge is -2.16. The molecule has 0 bridgehead atoms. The van der Waals surface area contributed by atoms with Crippen molar-refractivity contribution in [2.45, 2.75) is 25.2 Å². The highest BCUT2D eigenvalue weighted by Crippen LogP contribution is 2.49. The summed E-state index contributed by atoms with van der Waals surface area (Å²) in [5, 5.41) is 11.7. The van der Waals surface area contributed by atoms with E-state index in [2.05, 4.69) is 11.4 Å². The smallest absolute Gasteiger partial charge is 0.235 e. The van der Waals surface area contributed by atoms with Crippen molar-refractivity contribution in [2.24, 2.45) is 0 Å². The topological polar surface area (TPSA) is 52.9 Å². The molecule has 0 aliphatic heterocycles. The van der Waals surface area contributed by atoms with Crippen LogP contribution < -0.4 is 5.32 Å². The molecule has 104 valence electrons. The molecular weight excluding hydrogens is 260 g/mol. The number of anilines is 1. The molecule has 0 heterocycles. The molecule has 1 saturated carbocycles. The maximum atomic E-state index is 12.6. The largest absolute Gasteiger partial charge is 0.325 e. The molecule has 1 aliphatic rings. The van der Waals surface area contributed by atoms with Crippen molar-refractivity contribution < 1.29 is 4.79 Å². The zero-order valence-electron chi connectivity index (χ0n) is 11.9. The van der Waals surface area contributed by atoms with Gasteiger partial charge in [-0.25, -0.2) is 0 Å². The Morgan fingerprint density at radius 3 is 2.24 bits per heavy atom. The average Bonchev–Trinajstić information content (AvgIpc) is 3.30. The van der Waals surface area contributed by atoms with Crippen molar-refractivity contribution >= 4 is 11.6 Å². The first kappa shape index (κ1) is 13.4. The Balaban J connectivity index is 1.78. The summed E-state index contributed by atoms with van der Waals surface area (Å²) in [4.78, 5) is 12.6. The molecular formula is C18H16N2O. The predicted molar refractivity (Wildman–Crippen MR) is 81.9 cm³/mol. The minimum atomic E-state index is -0.373. The number of nitriles is 1. The summed E-state index contributed by atoms with van der Waals surface area (Å²) in [7, 11) is 0. The highest BCUT2D eigenvalue weighted by molar-refractivity contribution is 6.01. The molecule has 0 unspecified atom stereocenters. The number of carbonyl (C=O) groups excluding carboxylic acids is 1. The maximum Gasteiger partial charge on any atom is 0.235 e. The van der Waals surface area contributed by atoms with Crippen LogP contribution in [0.4, 0.5) is 5.69 Å². The van der Waals surface area contributed by atoms with Gasteiger partial charge >= 0.3 is 0 Å². The fourth-order valence-corrected chi connectivity index (χ4v) is 2.52. The number of benzene rings is 2. The second kappa shape index (κ2) is 5.06. The molecule has 1 amide bonds. The molecule has 0 aromatic heterocycles. The lowest BCUT2D eigenvalue weighted by Crippen LogP contribution is -2.27. The summed E-state index contributed by atoms with van der Waals surface area (Å²) >= 11 is 0. The summed E-state index contributed by atoms with van der Waals surface area (Å²) in [6.45, 7) is 2.04. The third-order valence-electron chi connectivity index (χ3n) is 4.06. The van der Waals surface area contributed by atoms with E-state index < -0.39 is 0 Å². The number of carbonyl (C=O) groups is 1. The number of rotatable bonds is 3. The number of hydrogen-bond donors (Lipinski definition) is 1. The molecule has 2 aromatic rings. The van der Waals surface area contributed by atoms with Crippen molar-refractivity contribution in [3.63, 3.8) is 0 Å². The summed E-state index contributed by atoms with van der Waals surface area (Å²) in [6, 6.07) is 17.2. The van der Waals surface area contributed by atoms with Gasteiger partial charge in [-0.2, -0.15) is 5.26 Å². The normalized spacial score (nSPS) is 15.0. The number of hydrogen-bond acceptors (Lipinski definition) is 2. The van der Waals surface area contributed by atoms with Gasteiger partial charge in [0.2, 0.25) is 5.91 Å². The first-order valence-electron chi connectivity index (χ1n) is 7.03. The number of amides is 1. The van der Waals surface area contributed by atoms with Crippen LogP contribution in [0.3, 0.4) is 0 Å². The van der Waals surface area contributed by atoms with E-state index in [4.69, 9.17) is 5.26 Å². The predicted octanol–water partition coefficient (Wildman–Crippen LogP) is 3.54. The van der Waals surface area contributed by atoms with Crippen LogP contribution >= 0.6 is 0 Å². The molecule has 0 saturated heterocycles. The molecule has 1 N–H and O–H groups in total. The zero-order chi connectivity index (χ0) is 14.9. The number of aryl methyl sites for hydroxylation is 1. The Hall–Kier alpha value is -2.60. The van der Waals surface area contributed by atoms with Crippen LogP contribution in [0.1, 0.15) is 29.5 Å². The van der Waals surface area contributed by atoms with E-state index >= 15 is 0 Å². The highest BCUT2D eigenvalue weighted by Gasteiger charge is 2.51. The zero-order valence-corrected chi connectivity index (χ0v) is 11.9. The molecule has 3 nitrogen and oxygen atoms in total. The Labute approximate surface area is 124 Å². The van der Waals surface area contributed by atoms with Crippen molar-refractivity contribution in [2.75, 3.05) is 5.32 Å². The minimum absolute atomic E-state index is 0.0380. The standard InChI is InChI=1S/C18H16N2O/c1-13-2-6-15(7-3-13)18(10-11-18)17(21)20-16-8-4-14(12-19)5-9-16/h2-9H,10-11H2,1H3,(H,20,21). The Bertz CT molecular complexity index is 704. The van der Waals surface area contributed by atoms with Crippen LogP contribution in [0.2, 0.25) is 0 Å². The quantitative estimate of drug-likeness (QED) is 0.932. The van der Waals surface area contributed by atoms with E-state index in [0.717, 1.165) is 24.1 Å². The second-order valence-corrected chi connectivity index (χ2v) is 5.59. The molecule has 1 fully saturated rings. The van der Waals surface area contributed by atoms with E-state index in [1.54, 1.807) is 24.3 Å². The van der Waals surface area contributed by atoms with Gasteiger partial charge in [-0.1, -0.05) is 29.8 Å². The van der Waals surface area contributed by atoms with E-state index in [-0.39, 0.29) is 11.3 Å². The van der Waals surface area contributed by atoms with Gasteiger partial charge < -0.3 is 5.32 Å². The fraction of sp³-hybridized carbons (Fsp3) is 0.222. The van der Waals surface area contributed by atoms with Crippen molar-refractivity contribution in [1.82, 2.24) is 0 Å². The Morgan fingerprint density at radius 1 is 1.10 bits per heavy atom. The monoisotopic (exact) mass is 276 g/mol. The maximum absolute atomic E-state index is 12.6. The van der Waals surface area contributed by atoms with Crippen LogP contribution in [-0.2, 0) is 10.2 Å². The molecule has 1 aliphatic carbocycles. The molecule has 3 rings (SSSR count). The van der Waals surface area contributed by atoms with Crippen LogP contribution in [0.25, 0.3) is 0 Å². The summed E-state index contributed by atoms with van der Waals surface area (Å²) in [5.41, 5.74) is 3.23. The van der Waals surface area contributed by atoms with Crippen molar-refractivity contribution in [3.05, 3.63) is 65.2 Å². The number of nitrogens with one attached hydrogen (secondary N) is 1. The van der Waals surface area contributed by atoms with Gasteiger partial charge in [0, 0.05) is 5.69 Å². The Morgan fingerprint density at radius 2 is 1.71 bits per heavy atom. The van der Waals surface area contributed by atoms with E-state index in [1.165, 1.54) is 5.56 Å². The SMILES string of the molecule is Cc1ccc(C2(C(=O)Nc3ccc(C#N)cc3)CC2)cc1. The average molecular weight is 276 g/mol. The van der Waals surface area contributed by atoms with Crippen LogP contribution in [0.5, 0.6) is 0 Å². The van der Waals surface area contributed by atoms with Crippen LogP contribution in [-0.4, -0.2) is 5.91 Å². The molecule has 21 heavy (non-hydrogen) atoms. The second-order valence-electron chi connectivity index (χ2n) is 5.59. The third kappa shape index (κ3) is 2.53. The van der Waals surface area contributed by atoms with E-state index in [0.29, 0.717) is 5.56 Å². The first-order valence-corrected chi connectivity index (χ1v) is 7.03. The van der Waals surface area contributed by atoms with Crippen molar-refractivity contribution in [3.8, 4) is 6.07 Å². The van der Waals surface area contributed by atoms with Crippen LogP contribution in [0, 0.1) is 18.3 Å². The van der Waals surface area contributed by atoms with Gasteiger partial charge in [0.25, 0.3) is 0 Å². The molecule has 0 spiro atoms. The lowest BCUT2D eigenvalue weighted by atomic mass is 9.94. The third-order valence-corrected chi connectivity index (χ3v) is 4.06. The van der Waals surface area contributed by atoms with Gasteiger partial charge in [0.05, 0.1) is 17.0 Å². The van der Waals surface area contributed by atoms with Gasteiger partial charge in [0.15, 0.2) is 0 Å². The van der Waals surface area contributed by atoms with Gasteiger partial charge in [-0.15, -0.1) is 0 Å². The van der Waals surface area contributed by atoms with Gasteiger partial charge in [-0.3, -0.25) is 4.79 Å². The minimum Gasteiger partial charge on any atom is -0.325 e.